The SMILES string of the molecule is CCOc1c(OC)ccc(Cl)c1C1(CN)CCCCC1. The number of hydrogen-bond donors (Lipinski definition) is 1. The minimum Gasteiger partial charge on any atom is -0.493 e. The summed E-state index contributed by atoms with van der Waals surface area (Å²) < 4.78 is 11.3. The fourth-order valence-corrected chi connectivity index (χ4v) is 3.62. The molecule has 0 spiro atoms. The van der Waals surface area contributed by atoms with Crippen LogP contribution >= 0.6 is 11.6 Å². The van der Waals surface area contributed by atoms with E-state index < -0.39 is 0 Å². The molecule has 0 bridgehead atoms. The van der Waals surface area contributed by atoms with Gasteiger partial charge in [-0.2, -0.15) is 0 Å². The molecule has 2 N–H and O–H groups in total. The predicted octanol–water partition coefficient (Wildman–Crippen LogP) is 3.91. The molecular formula is C16H24ClNO2. The third kappa shape index (κ3) is 2.75. The van der Waals surface area contributed by atoms with E-state index in [9.17, 15) is 0 Å². The van der Waals surface area contributed by atoms with Crippen molar-refractivity contribution < 1.29 is 9.47 Å². The number of benzene rings is 1. The van der Waals surface area contributed by atoms with E-state index in [0.717, 1.165) is 34.9 Å². The highest BCUT2D eigenvalue weighted by molar-refractivity contribution is 6.31. The molecule has 0 unspecified atom stereocenters. The Bertz CT molecular complexity index is 456. The summed E-state index contributed by atoms with van der Waals surface area (Å²) >= 11 is 6.50. The maximum absolute atomic E-state index is 6.50. The highest BCUT2D eigenvalue weighted by atomic mass is 35.5. The summed E-state index contributed by atoms with van der Waals surface area (Å²) in [5, 5.41) is 0.738. The van der Waals surface area contributed by atoms with E-state index in [1.54, 1.807) is 7.11 Å². The predicted molar refractivity (Wildman–Crippen MR) is 83.0 cm³/mol. The van der Waals surface area contributed by atoms with Gasteiger partial charge in [-0.15, -0.1) is 0 Å². The van der Waals surface area contributed by atoms with E-state index in [1.165, 1.54) is 19.3 Å². The Hall–Kier alpha value is -0.930. The van der Waals surface area contributed by atoms with Crippen LogP contribution in [0.5, 0.6) is 11.5 Å². The topological polar surface area (TPSA) is 44.5 Å². The van der Waals surface area contributed by atoms with Crippen LogP contribution in [0.4, 0.5) is 0 Å². The third-order valence-corrected chi connectivity index (χ3v) is 4.63. The van der Waals surface area contributed by atoms with Gasteiger partial charge in [-0.1, -0.05) is 30.9 Å². The van der Waals surface area contributed by atoms with E-state index in [0.29, 0.717) is 13.2 Å². The molecule has 0 radical (unpaired) electrons. The monoisotopic (exact) mass is 297 g/mol. The molecule has 1 aliphatic carbocycles. The quantitative estimate of drug-likeness (QED) is 0.896. The molecule has 0 heterocycles. The molecule has 1 aromatic rings. The Morgan fingerprint density at radius 3 is 2.50 bits per heavy atom. The minimum absolute atomic E-state index is 0.0750. The smallest absolute Gasteiger partial charge is 0.166 e. The molecule has 1 aromatic carbocycles. The van der Waals surface area contributed by atoms with Gasteiger partial charge in [0.25, 0.3) is 0 Å². The van der Waals surface area contributed by atoms with Gasteiger partial charge in [-0.05, 0) is 31.9 Å². The average Bonchev–Trinajstić information content (AvgIpc) is 2.49. The molecule has 0 atom stereocenters. The lowest BCUT2D eigenvalue weighted by molar-refractivity contribution is 0.266. The highest BCUT2D eigenvalue weighted by Gasteiger charge is 2.38. The lowest BCUT2D eigenvalue weighted by atomic mass is 9.69. The van der Waals surface area contributed by atoms with Crippen molar-refractivity contribution in [2.24, 2.45) is 5.73 Å². The van der Waals surface area contributed by atoms with Crippen molar-refractivity contribution in [1.82, 2.24) is 0 Å². The molecule has 1 fully saturated rings. The zero-order chi connectivity index (χ0) is 14.6. The summed E-state index contributed by atoms with van der Waals surface area (Å²) in [6.07, 6.45) is 5.78. The molecular weight excluding hydrogens is 274 g/mol. The molecule has 0 amide bonds. The van der Waals surface area contributed by atoms with Crippen LogP contribution in [0.2, 0.25) is 5.02 Å². The first kappa shape index (κ1) is 15.5. The molecule has 0 aromatic heterocycles. The van der Waals surface area contributed by atoms with Gasteiger partial charge in [0.15, 0.2) is 11.5 Å². The summed E-state index contributed by atoms with van der Waals surface area (Å²) in [5.41, 5.74) is 7.11. The van der Waals surface area contributed by atoms with Crippen LogP contribution in [-0.2, 0) is 5.41 Å². The average molecular weight is 298 g/mol. The van der Waals surface area contributed by atoms with Gasteiger partial charge in [-0.25, -0.2) is 0 Å². The molecule has 1 saturated carbocycles. The fraction of sp³-hybridized carbons (Fsp3) is 0.625. The second-order valence-electron chi connectivity index (χ2n) is 5.43. The molecule has 20 heavy (non-hydrogen) atoms. The normalized spacial score (nSPS) is 17.8. The van der Waals surface area contributed by atoms with Gasteiger partial charge < -0.3 is 15.2 Å². The summed E-state index contributed by atoms with van der Waals surface area (Å²) in [6.45, 7) is 3.16. The zero-order valence-corrected chi connectivity index (χ0v) is 13.1. The van der Waals surface area contributed by atoms with Crippen LogP contribution in [0.3, 0.4) is 0 Å². The van der Waals surface area contributed by atoms with E-state index in [2.05, 4.69) is 0 Å². The van der Waals surface area contributed by atoms with Crippen LogP contribution in [0.1, 0.15) is 44.6 Å². The van der Waals surface area contributed by atoms with Gasteiger partial charge in [0.1, 0.15) is 0 Å². The third-order valence-electron chi connectivity index (χ3n) is 4.31. The Morgan fingerprint density at radius 2 is 1.95 bits per heavy atom. The highest BCUT2D eigenvalue weighted by Crippen LogP contribution is 2.49. The zero-order valence-electron chi connectivity index (χ0n) is 12.4. The van der Waals surface area contributed by atoms with Gasteiger partial charge in [0.05, 0.1) is 13.7 Å². The van der Waals surface area contributed by atoms with E-state index in [-0.39, 0.29) is 5.41 Å². The van der Waals surface area contributed by atoms with Crippen molar-refractivity contribution in [3.05, 3.63) is 22.7 Å². The van der Waals surface area contributed by atoms with E-state index in [4.69, 9.17) is 26.8 Å². The van der Waals surface area contributed by atoms with Crippen molar-refractivity contribution in [2.45, 2.75) is 44.4 Å². The Labute approximate surface area is 126 Å². The van der Waals surface area contributed by atoms with Crippen LogP contribution in [0.25, 0.3) is 0 Å². The lowest BCUT2D eigenvalue weighted by Crippen LogP contribution is -2.38. The number of hydrogen-bond acceptors (Lipinski definition) is 3. The second-order valence-corrected chi connectivity index (χ2v) is 5.84. The molecule has 3 nitrogen and oxygen atoms in total. The minimum atomic E-state index is -0.0750. The van der Waals surface area contributed by atoms with Crippen molar-refractivity contribution in [2.75, 3.05) is 20.3 Å². The van der Waals surface area contributed by atoms with Crippen molar-refractivity contribution >= 4 is 11.6 Å². The maximum Gasteiger partial charge on any atom is 0.166 e. The Balaban J connectivity index is 2.57. The van der Waals surface area contributed by atoms with Crippen LogP contribution in [0, 0.1) is 0 Å². The van der Waals surface area contributed by atoms with Crippen molar-refractivity contribution in [1.29, 1.82) is 0 Å². The first-order chi connectivity index (χ1) is 9.68. The van der Waals surface area contributed by atoms with E-state index in [1.807, 2.05) is 19.1 Å². The molecule has 1 aliphatic rings. The molecule has 112 valence electrons. The number of rotatable bonds is 5. The van der Waals surface area contributed by atoms with Crippen molar-refractivity contribution in [3.8, 4) is 11.5 Å². The Kier molecular flexibility index (Phi) is 5.17. The van der Waals surface area contributed by atoms with Gasteiger partial charge >= 0.3 is 0 Å². The number of halogens is 1. The first-order valence-electron chi connectivity index (χ1n) is 7.38. The van der Waals surface area contributed by atoms with Gasteiger partial charge in [0, 0.05) is 22.5 Å². The number of ether oxygens (including phenoxy) is 2. The number of methoxy groups -OCH3 is 1. The van der Waals surface area contributed by atoms with Crippen LogP contribution in [0.15, 0.2) is 12.1 Å². The molecule has 0 saturated heterocycles. The van der Waals surface area contributed by atoms with Crippen LogP contribution in [-0.4, -0.2) is 20.3 Å². The van der Waals surface area contributed by atoms with Crippen molar-refractivity contribution in [3.63, 3.8) is 0 Å². The maximum atomic E-state index is 6.50. The standard InChI is InChI=1S/C16H24ClNO2/c1-3-20-15-13(19-2)8-7-12(17)14(15)16(11-18)9-5-4-6-10-16/h7-8H,3-6,9-11,18H2,1-2H3. The largest absolute Gasteiger partial charge is 0.493 e. The van der Waals surface area contributed by atoms with Gasteiger partial charge in [0.2, 0.25) is 0 Å². The van der Waals surface area contributed by atoms with Crippen LogP contribution < -0.4 is 15.2 Å². The Morgan fingerprint density at radius 1 is 1.25 bits per heavy atom. The fourth-order valence-electron chi connectivity index (χ4n) is 3.27. The summed E-state index contributed by atoms with van der Waals surface area (Å²) in [4.78, 5) is 0. The second kappa shape index (κ2) is 6.68. The lowest BCUT2D eigenvalue weighted by Gasteiger charge is -2.38. The molecule has 0 aliphatic heterocycles. The van der Waals surface area contributed by atoms with Gasteiger partial charge in [-0.3, -0.25) is 0 Å². The van der Waals surface area contributed by atoms with E-state index >= 15 is 0 Å². The summed E-state index contributed by atoms with van der Waals surface area (Å²) in [6, 6.07) is 3.76. The summed E-state index contributed by atoms with van der Waals surface area (Å²) in [7, 11) is 1.66. The first-order valence-corrected chi connectivity index (χ1v) is 7.76. The summed E-state index contributed by atoms with van der Waals surface area (Å²) in [5.74, 6) is 1.51. The number of nitrogens with two attached hydrogens (primary N) is 1. The molecule has 4 heteroatoms. The molecule has 2 rings (SSSR count).